The van der Waals surface area contributed by atoms with Crippen LogP contribution >= 0.6 is 0 Å². The van der Waals surface area contributed by atoms with Gasteiger partial charge in [0.2, 0.25) is 6.41 Å². The number of amides is 1. The first-order valence-corrected chi connectivity index (χ1v) is 13.5. The third-order valence-corrected chi connectivity index (χ3v) is 6.25. The Balaban J connectivity index is 3.28. The van der Waals surface area contributed by atoms with Crippen molar-refractivity contribution in [2.75, 3.05) is 13.1 Å². The first kappa shape index (κ1) is 28.5. The molecule has 0 aliphatic carbocycles. The summed E-state index contributed by atoms with van der Waals surface area (Å²) in [6.07, 6.45) is 31.2. The monoisotopic (exact) mass is 409 g/mol. The third kappa shape index (κ3) is 23.6. The molecule has 0 aromatic carbocycles. The van der Waals surface area contributed by atoms with Crippen LogP contribution in [-0.4, -0.2) is 24.4 Å². The van der Waals surface area contributed by atoms with Crippen LogP contribution in [0.15, 0.2) is 0 Å². The lowest BCUT2D eigenvalue weighted by Gasteiger charge is -2.17. The van der Waals surface area contributed by atoms with Gasteiger partial charge in [-0.2, -0.15) is 0 Å². The Morgan fingerprint density at radius 2 is 0.655 bits per heavy atom. The van der Waals surface area contributed by atoms with Gasteiger partial charge in [-0.25, -0.2) is 0 Å². The van der Waals surface area contributed by atoms with Crippen LogP contribution in [0.3, 0.4) is 0 Å². The van der Waals surface area contributed by atoms with Gasteiger partial charge in [-0.05, 0) is 12.8 Å². The first-order valence-electron chi connectivity index (χ1n) is 13.5. The number of rotatable bonds is 25. The number of hydrogen-bond acceptors (Lipinski definition) is 1. The van der Waals surface area contributed by atoms with E-state index in [-0.39, 0.29) is 0 Å². The molecular weight excluding hydrogens is 354 g/mol. The second-order valence-electron chi connectivity index (χ2n) is 9.21. The van der Waals surface area contributed by atoms with Crippen molar-refractivity contribution >= 4 is 6.41 Å². The van der Waals surface area contributed by atoms with Gasteiger partial charge in [0, 0.05) is 13.1 Å². The van der Waals surface area contributed by atoms with Crippen LogP contribution in [0.5, 0.6) is 0 Å². The van der Waals surface area contributed by atoms with Gasteiger partial charge >= 0.3 is 0 Å². The molecule has 0 aliphatic rings. The SMILES string of the molecule is CCCCCCCCCCCCCCN(C=O)CCCCCCCCCCCC. The van der Waals surface area contributed by atoms with Crippen LogP contribution < -0.4 is 0 Å². The van der Waals surface area contributed by atoms with Crippen molar-refractivity contribution in [2.45, 2.75) is 155 Å². The van der Waals surface area contributed by atoms with E-state index in [1.165, 1.54) is 141 Å². The van der Waals surface area contributed by atoms with Gasteiger partial charge in [0.05, 0.1) is 0 Å². The quantitative estimate of drug-likeness (QED) is 0.109. The largest absolute Gasteiger partial charge is 0.345 e. The minimum atomic E-state index is 0.970. The molecule has 0 unspecified atom stereocenters. The second kappa shape index (κ2) is 25.5. The molecule has 0 rings (SSSR count). The number of nitrogens with zero attached hydrogens (tertiary/aromatic N) is 1. The molecule has 2 nitrogen and oxygen atoms in total. The summed E-state index contributed by atoms with van der Waals surface area (Å²) in [4.78, 5) is 13.3. The molecule has 0 aliphatic heterocycles. The molecule has 0 spiro atoms. The molecule has 174 valence electrons. The molecule has 0 aromatic rings. The van der Waals surface area contributed by atoms with Crippen molar-refractivity contribution in [3.8, 4) is 0 Å². The summed E-state index contributed by atoms with van der Waals surface area (Å²) in [5, 5.41) is 0. The molecule has 0 saturated heterocycles. The Morgan fingerprint density at radius 3 is 0.897 bits per heavy atom. The third-order valence-electron chi connectivity index (χ3n) is 6.25. The molecular formula is C27H55NO. The van der Waals surface area contributed by atoms with Gasteiger partial charge < -0.3 is 4.90 Å². The van der Waals surface area contributed by atoms with E-state index in [0.717, 1.165) is 19.5 Å². The van der Waals surface area contributed by atoms with E-state index < -0.39 is 0 Å². The lowest BCUT2D eigenvalue weighted by molar-refractivity contribution is -0.118. The number of hydrogen-bond donors (Lipinski definition) is 0. The smallest absolute Gasteiger partial charge is 0.209 e. The van der Waals surface area contributed by atoms with Crippen LogP contribution in [0.4, 0.5) is 0 Å². The van der Waals surface area contributed by atoms with Gasteiger partial charge in [-0.15, -0.1) is 0 Å². The highest BCUT2D eigenvalue weighted by molar-refractivity contribution is 5.46. The van der Waals surface area contributed by atoms with E-state index in [9.17, 15) is 4.79 Å². The highest BCUT2D eigenvalue weighted by Crippen LogP contribution is 2.13. The van der Waals surface area contributed by atoms with Gasteiger partial charge in [-0.1, -0.05) is 142 Å². The van der Waals surface area contributed by atoms with Gasteiger partial charge in [-0.3, -0.25) is 4.79 Å². The van der Waals surface area contributed by atoms with E-state index >= 15 is 0 Å². The van der Waals surface area contributed by atoms with Gasteiger partial charge in [0.1, 0.15) is 0 Å². The Hall–Kier alpha value is -0.530. The fraction of sp³-hybridized carbons (Fsp3) is 0.963. The van der Waals surface area contributed by atoms with E-state index in [2.05, 4.69) is 13.8 Å². The predicted octanol–water partition coefficient (Wildman–Crippen LogP) is 9.07. The van der Waals surface area contributed by atoms with Gasteiger partial charge in [0.25, 0.3) is 0 Å². The Morgan fingerprint density at radius 1 is 0.414 bits per heavy atom. The molecule has 0 atom stereocenters. The molecule has 0 fully saturated rings. The van der Waals surface area contributed by atoms with Crippen LogP contribution in [0.25, 0.3) is 0 Å². The minimum absolute atomic E-state index is 0.970. The van der Waals surface area contributed by atoms with Crippen molar-refractivity contribution in [1.29, 1.82) is 0 Å². The zero-order valence-corrected chi connectivity index (χ0v) is 20.4. The number of carbonyl (C=O) groups excluding carboxylic acids is 1. The lowest BCUT2D eigenvalue weighted by atomic mass is 10.1. The zero-order valence-electron chi connectivity index (χ0n) is 20.4. The normalized spacial score (nSPS) is 11.1. The summed E-state index contributed by atoms with van der Waals surface area (Å²) in [7, 11) is 0. The van der Waals surface area contributed by atoms with Crippen molar-refractivity contribution in [1.82, 2.24) is 4.90 Å². The van der Waals surface area contributed by atoms with Crippen LogP contribution in [0.1, 0.15) is 155 Å². The fourth-order valence-electron chi connectivity index (χ4n) is 4.18. The molecule has 0 N–H and O–H groups in total. The second-order valence-corrected chi connectivity index (χ2v) is 9.21. The van der Waals surface area contributed by atoms with Crippen molar-refractivity contribution in [3.63, 3.8) is 0 Å². The summed E-state index contributed by atoms with van der Waals surface area (Å²) in [5.41, 5.74) is 0. The summed E-state index contributed by atoms with van der Waals surface area (Å²) in [6, 6.07) is 0. The van der Waals surface area contributed by atoms with Crippen molar-refractivity contribution in [2.24, 2.45) is 0 Å². The maximum Gasteiger partial charge on any atom is 0.209 e. The van der Waals surface area contributed by atoms with Gasteiger partial charge in [0.15, 0.2) is 0 Å². The first-order chi connectivity index (χ1) is 14.3. The van der Waals surface area contributed by atoms with E-state index in [4.69, 9.17) is 0 Å². The minimum Gasteiger partial charge on any atom is -0.345 e. The molecule has 29 heavy (non-hydrogen) atoms. The molecule has 2 heteroatoms. The Bertz CT molecular complexity index is 305. The molecule has 0 radical (unpaired) electrons. The lowest BCUT2D eigenvalue weighted by Crippen LogP contribution is -2.24. The van der Waals surface area contributed by atoms with E-state index in [1.807, 2.05) is 4.90 Å². The van der Waals surface area contributed by atoms with Crippen LogP contribution in [-0.2, 0) is 4.79 Å². The predicted molar refractivity (Wildman–Crippen MR) is 131 cm³/mol. The van der Waals surface area contributed by atoms with Crippen molar-refractivity contribution < 1.29 is 4.79 Å². The topological polar surface area (TPSA) is 20.3 Å². The molecule has 0 heterocycles. The average Bonchev–Trinajstić information content (AvgIpc) is 2.74. The molecule has 0 aromatic heterocycles. The molecule has 0 saturated carbocycles. The van der Waals surface area contributed by atoms with Crippen molar-refractivity contribution in [3.05, 3.63) is 0 Å². The molecule has 0 bridgehead atoms. The zero-order chi connectivity index (χ0) is 21.3. The number of unbranched alkanes of at least 4 members (excludes halogenated alkanes) is 20. The summed E-state index contributed by atoms with van der Waals surface area (Å²) in [5.74, 6) is 0. The maximum atomic E-state index is 11.3. The standard InChI is InChI=1S/C27H55NO/c1-3-5-7-9-11-13-15-16-18-20-22-24-26-28(27-29)25-23-21-19-17-14-12-10-8-6-4-2/h27H,3-26H2,1-2H3. The average molecular weight is 410 g/mol. The molecule has 1 amide bonds. The van der Waals surface area contributed by atoms with Crippen LogP contribution in [0.2, 0.25) is 0 Å². The summed E-state index contributed by atoms with van der Waals surface area (Å²) < 4.78 is 0. The van der Waals surface area contributed by atoms with Crippen LogP contribution in [0, 0.1) is 0 Å². The Kier molecular flexibility index (Phi) is 25.0. The van der Waals surface area contributed by atoms with E-state index in [0.29, 0.717) is 0 Å². The maximum absolute atomic E-state index is 11.3. The fourth-order valence-corrected chi connectivity index (χ4v) is 4.18. The highest BCUT2D eigenvalue weighted by Gasteiger charge is 2.01. The number of carbonyl (C=O) groups is 1. The van der Waals surface area contributed by atoms with E-state index in [1.54, 1.807) is 0 Å². The summed E-state index contributed by atoms with van der Waals surface area (Å²) >= 11 is 0. The Labute approximate surface area is 184 Å². The summed E-state index contributed by atoms with van der Waals surface area (Å²) in [6.45, 7) is 6.50. The highest BCUT2D eigenvalue weighted by atomic mass is 16.1.